The number of hydrogen-bond acceptors (Lipinski definition) is 2. The first-order valence-corrected chi connectivity index (χ1v) is 7.09. The summed E-state index contributed by atoms with van der Waals surface area (Å²) in [4.78, 5) is 0. The van der Waals surface area contributed by atoms with E-state index in [-0.39, 0.29) is 6.10 Å². The third kappa shape index (κ3) is 2.45. The second kappa shape index (κ2) is 4.67. The summed E-state index contributed by atoms with van der Waals surface area (Å²) < 4.78 is 5.52. The van der Waals surface area contributed by atoms with Crippen molar-refractivity contribution in [2.45, 2.75) is 57.2 Å². The van der Waals surface area contributed by atoms with E-state index in [0.717, 1.165) is 19.3 Å². The Bertz CT molecular complexity index is 441. The largest absolute Gasteiger partial charge is 0.389 e. The summed E-state index contributed by atoms with van der Waals surface area (Å²) in [5, 5.41) is 10.7. The maximum Gasteiger partial charge on any atom is 0.0734 e. The lowest BCUT2D eigenvalue weighted by Crippen LogP contribution is -2.41. The molecule has 18 heavy (non-hydrogen) atoms. The Morgan fingerprint density at radius 3 is 3.00 bits per heavy atom. The molecule has 1 fully saturated rings. The van der Waals surface area contributed by atoms with Crippen LogP contribution in [0.1, 0.15) is 42.9 Å². The predicted octanol–water partition coefficient (Wildman–Crippen LogP) is 2.65. The zero-order valence-electron chi connectivity index (χ0n) is 11.1. The van der Waals surface area contributed by atoms with Crippen molar-refractivity contribution in [3.8, 4) is 0 Å². The number of aryl methyl sites for hydroxylation is 2. The first-order valence-electron chi connectivity index (χ1n) is 7.09. The molecule has 2 nitrogen and oxygen atoms in total. The number of aliphatic hydroxyl groups is 1. The lowest BCUT2D eigenvalue weighted by Gasteiger charge is -2.35. The van der Waals surface area contributed by atoms with Crippen molar-refractivity contribution >= 4 is 0 Å². The SMILES string of the molecule is CC1CC(O)(Cc2ccc3c(c2)CCC3)CCO1. The van der Waals surface area contributed by atoms with Gasteiger partial charge >= 0.3 is 0 Å². The Balaban J connectivity index is 1.75. The van der Waals surface area contributed by atoms with Crippen LogP contribution in [0.2, 0.25) is 0 Å². The second-order valence-corrected chi connectivity index (χ2v) is 5.99. The summed E-state index contributed by atoms with van der Waals surface area (Å²) in [6.45, 7) is 2.73. The molecule has 1 heterocycles. The Morgan fingerprint density at radius 2 is 2.17 bits per heavy atom. The standard InChI is InChI=1S/C16H22O2/c1-12-10-16(17,7-8-18-12)11-13-5-6-14-3-2-4-15(14)9-13/h5-6,9,12,17H,2-4,7-8,10-11H2,1H3. The van der Waals surface area contributed by atoms with Crippen LogP contribution in [0.15, 0.2) is 18.2 Å². The number of rotatable bonds is 2. The van der Waals surface area contributed by atoms with Crippen LogP contribution < -0.4 is 0 Å². The normalized spacial score (nSPS) is 31.3. The van der Waals surface area contributed by atoms with E-state index < -0.39 is 5.60 Å². The Labute approximate surface area is 109 Å². The van der Waals surface area contributed by atoms with Crippen molar-refractivity contribution in [3.05, 3.63) is 34.9 Å². The van der Waals surface area contributed by atoms with Gasteiger partial charge in [0.05, 0.1) is 11.7 Å². The van der Waals surface area contributed by atoms with Gasteiger partial charge in [0.15, 0.2) is 0 Å². The molecule has 0 saturated carbocycles. The molecular weight excluding hydrogens is 224 g/mol. The van der Waals surface area contributed by atoms with Gasteiger partial charge in [-0.2, -0.15) is 0 Å². The lowest BCUT2D eigenvalue weighted by molar-refractivity contribution is -0.0961. The van der Waals surface area contributed by atoms with Crippen molar-refractivity contribution in [3.63, 3.8) is 0 Å². The number of fused-ring (bicyclic) bond motifs is 1. The summed E-state index contributed by atoms with van der Waals surface area (Å²) in [7, 11) is 0. The van der Waals surface area contributed by atoms with Gasteiger partial charge in [0, 0.05) is 19.4 Å². The van der Waals surface area contributed by atoms with Crippen LogP contribution in [0.5, 0.6) is 0 Å². The average molecular weight is 246 g/mol. The molecule has 1 saturated heterocycles. The third-order valence-corrected chi connectivity index (χ3v) is 4.33. The van der Waals surface area contributed by atoms with Gasteiger partial charge in [0.2, 0.25) is 0 Å². The minimum atomic E-state index is -0.565. The Hall–Kier alpha value is -0.860. The van der Waals surface area contributed by atoms with Crippen molar-refractivity contribution in [2.75, 3.05) is 6.61 Å². The molecule has 3 rings (SSSR count). The van der Waals surface area contributed by atoms with Crippen molar-refractivity contribution in [2.24, 2.45) is 0 Å². The molecule has 2 heteroatoms. The van der Waals surface area contributed by atoms with Crippen LogP contribution >= 0.6 is 0 Å². The van der Waals surface area contributed by atoms with Crippen LogP contribution in [0.4, 0.5) is 0 Å². The molecule has 1 aliphatic heterocycles. The predicted molar refractivity (Wildman–Crippen MR) is 71.8 cm³/mol. The Morgan fingerprint density at radius 1 is 1.33 bits per heavy atom. The molecule has 2 unspecified atom stereocenters. The number of hydrogen-bond donors (Lipinski definition) is 1. The monoisotopic (exact) mass is 246 g/mol. The first kappa shape index (κ1) is 12.2. The van der Waals surface area contributed by atoms with Gasteiger partial charge in [0.1, 0.15) is 0 Å². The molecule has 1 aliphatic carbocycles. The maximum absolute atomic E-state index is 10.7. The Kier molecular flexibility index (Phi) is 3.16. The van der Waals surface area contributed by atoms with E-state index in [2.05, 4.69) is 18.2 Å². The van der Waals surface area contributed by atoms with Crippen LogP contribution in [0.3, 0.4) is 0 Å². The average Bonchev–Trinajstić information content (AvgIpc) is 2.75. The molecule has 0 spiro atoms. The summed E-state index contributed by atoms with van der Waals surface area (Å²) in [6.07, 6.45) is 6.19. The van der Waals surface area contributed by atoms with E-state index >= 15 is 0 Å². The highest BCUT2D eigenvalue weighted by Gasteiger charge is 2.33. The van der Waals surface area contributed by atoms with E-state index in [9.17, 15) is 5.11 Å². The highest BCUT2D eigenvalue weighted by Crippen LogP contribution is 2.30. The number of ether oxygens (including phenoxy) is 1. The minimum Gasteiger partial charge on any atom is -0.389 e. The van der Waals surface area contributed by atoms with E-state index in [1.807, 2.05) is 6.92 Å². The molecular formula is C16H22O2. The van der Waals surface area contributed by atoms with Crippen molar-refractivity contribution in [1.29, 1.82) is 0 Å². The number of benzene rings is 1. The van der Waals surface area contributed by atoms with Crippen LogP contribution in [-0.4, -0.2) is 23.4 Å². The van der Waals surface area contributed by atoms with Crippen molar-refractivity contribution in [1.82, 2.24) is 0 Å². The fraction of sp³-hybridized carbons (Fsp3) is 0.625. The van der Waals surface area contributed by atoms with Gasteiger partial charge in [-0.25, -0.2) is 0 Å². The van der Waals surface area contributed by atoms with E-state index in [1.54, 1.807) is 0 Å². The zero-order chi connectivity index (χ0) is 12.6. The van der Waals surface area contributed by atoms with Gasteiger partial charge in [0.25, 0.3) is 0 Å². The molecule has 1 N–H and O–H groups in total. The van der Waals surface area contributed by atoms with Crippen molar-refractivity contribution < 1.29 is 9.84 Å². The topological polar surface area (TPSA) is 29.5 Å². The summed E-state index contributed by atoms with van der Waals surface area (Å²) in [5.74, 6) is 0. The third-order valence-electron chi connectivity index (χ3n) is 4.33. The molecule has 98 valence electrons. The van der Waals surface area contributed by atoms with Gasteiger partial charge in [-0.3, -0.25) is 0 Å². The highest BCUT2D eigenvalue weighted by molar-refractivity contribution is 5.35. The van der Waals surface area contributed by atoms with E-state index in [0.29, 0.717) is 6.61 Å². The van der Waals surface area contributed by atoms with Gasteiger partial charge in [-0.05, 0) is 49.3 Å². The van der Waals surface area contributed by atoms with Crippen LogP contribution in [-0.2, 0) is 24.0 Å². The molecule has 2 atom stereocenters. The molecule has 0 radical (unpaired) electrons. The molecule has 0 amide bonds. The van der Waals surface area contributed by atoms with E-state index in [1.165, 1.54) is 36.0 Å². The molecule has 0 aromatic heterocycles. The smallest absolute Gasteiger partial charge is 0.0734 e. The zero-order valence-corrected chi connectivity index (χ0v) is 11.1. The first-order chi connectivity index (χ1) is 8.65. The summed E-state index contributed by atoms with van der Waals surface area (Å²) in [5.41, 5.74) is 3.72. The van der Waals surface area contributed by atoms with Crippen LogP contribution in [0, 0.1) is 0 Å². The minimum absolute atomic E-state index is 0.179. The molecule has 2 aliphatic rings. The van der Waals surface area contributed by atoms with E-state index in [4.69, 9.17) is 4.74 Å². The highest BCUT2D eigenvalue weighted by atomic mass is 16.5. The maximum atomic E-state index is 10.7. The summed E-state index contributed by atoms with van der Waals surface area (Å²) >= 11 is 0. The lowest BCUT2D eigenvalue weighted by atomic mass is 9.84. The fourth-order valence-corrected chi connectivity index (χ4v) is 3.42. The van der Waals surface area contributed by atoms with Gasteiger partial charge in [-0.15, -0.1) is 0 Å². The molecule has 1 aromatic carbocycles. The second-order valence-electron chi connectivity index (χ2n) is 5.99. The quantitative estimate of drug-likeness (QED) is 0.869. The molecule has 0 bridgehead atoms. The summed E-state index contributed by atoms with van der Waals surface area (Å²) in [6, 6.07) is 6.76. The van der Waals surface area contributed by atoms with Gasteiger partial charge in [-0.1, -0.05) is 18.2 Å². The van der Waals surface area contributed by atoms with Crippen LogP contribution in [0.25, 0.3) is 0 Å². The fourth-order valence-electron chi connectivity index (χ4n) is 3.42. The van der Waals surface area contributed by atoms with Gasteiger partial charge < -0.3 is 9.84 Å². The molecule has 1 aromatic rings.